The molecule has 0 aliphatic carbocycles. The van der Waals surface area contributed by atoms with Gasteiger partial charge in [-0.25, -0.2) is 4.98 Å². The fraction of sp³-hybridized carbons (Fsp3) is 0.278. The van der Waals surface area contributed by atoms with Crippen LogP contribution in [0, 0.1) is 5.92 Å². The second kappa shape index (κ2) is 6.87. The minimum Gasteiger partial charge on any atom is -0.332 e. The van der Waals surface area contributed by atoms with Gasteiger partial charge in [0.1, 0.15) is 5.01 Å². The normalized spacial score (nSPS) is 11.1. The molecular formula is C18H19N3OS. The zero-order valence-electron chi connectivity index (χ0n) is 13.3. The largest absolute Gasteiger partial charge is 0.332 e. The van der Waals surface area contributed by atoms with Gasteiger partial charge < -0.3 is 4.90 Å². The molecule has 2 aromatic heterocycles. The zero-order chi connectivity index (χ0) is 16.2. The molecule has 118 valence electrons. The highest BCUT2D eigenvalue weighted by Crippen LogP contribution is 2.20. The van der Waals surface area contributed by atoms with Crippen molar-refractivity contribution < 1.29 is 4.79 Å². The van der Waals surface area contributed by atoms with Gasteiger partial charge in [0.05, 0.1) is 17.6 Å². The number of carbonyl (C=O) groups is 1. The van der Waals surface area contributed by atoms with Crippen molar-refractivity contribution in [1.82, 2.24) is 14.9 Å². The first-order chi connectivity index (χ1) is 11.1. The predicted octanol–water partition coefficient (Wildman–Crippen LogP) is 3.99. The van der Waals surface area contributed by atoms with Crippen LogP contribution in [0.3, 0.4) is 0 Å². The van der Waals surface area contributed by atoms with Crippen LogP contribution in [0.25, 0.3) is 10.9 Å². The van der Waals surface area contributed by atoms with Crippen LogP contribution < -0.4 is 0 Å². The molecule has 0 saturated carbocycles. The van der Waals surface area contributed by atoms with Crippen molar-refractivity contribution in [3.63, 3.8) is 0 Å². The number of hydrogen-bond donors (Lipinski definition) is 0. The number of carbonyl (C=O) groups excluding carboxylic acids is 1. The van der Waals surface area contributed by atoms with Gasteiger partial charge in [-0.15, -0.1) is 11.3 Å². The van der Waals surface area contributed by atoms with Gasteiger partial charge in [-0.05, 0) is 18.1 Å². The Bertz CT molecular complexity index is 794. The minimum atomic E-state index is 0.0122. The Morgan fingerprint density at radius 1 is 1.17 bits per heavy atom. The highest BCUT2D eigenvalue weighted by Gasteiger charge is 2.20. The summed E-state index contributed by atoms with van der Waals surface area (Å²) in [6.07, 6.45) is 3.50. The third kappa shape index (κ3) is 3.56. The molecule has 0 radical (unpaired) electrons. The van der Waals surface area contributed by atoms with Crippen LogP contribution in [-0.2, 0) is 6.54 Å². The van der Waals surface area contributed by atoms with Crippen molar-refractivity contribution >= 4 is 28.1 Å². The van der Waals surface area contributed by atoms with Gasteiger partial charge in [0.2, 0.25) is 0 Å². The summed E-state index contributed by atoms with van der Waals surface area (Å²) in [5.74, 6) is 0.403. The van der Waals surface area contributed by atoms with E-state index in [0.29, 0.717) is 24.6 Å². The highest BCUT2D eigenvalue weighted by molar-refractivity contribution is 7.09. The summed E-state index contributed by atoms with van der Waals surface area (Å²) in [6.45, 7) is 5.46. The van der Waals surface area contributed by atoms with Crippen molar-refractivity contribution in [1.29, 1.82) is 0 Å². The number of benzene rings is 1. The van der Waals surface area contributed by atoms with E-state index < -0.39 is 0 Å². The maximum Gasteiger partial charge on any atom is 0.256 e. The molecule has 0 bridgehead atoms. The first kappa shape index (κ1) is 15.6. The van der Waals surface area contributed by atoms with Crippen LogP contribution in [0.1, 0.15) is 29.2 Å². The lowest BCUT2D eigenvalue weighted by Gasteiger charge is -2.24. The molecule has 0 fully saturated rings. The van der Waals surface area contributed by atoms with Crippen LogP contribution in [0.5, 0.6) is 0 Å². The highest BCUT2D eigenvalue weighted by atomic mass is 32.1. The Morgan fingerprint density at radius 2 is 2.00 bits per heavy atom. The fourth-order valence-electron chi connectivity index (χ4n) is 2.60. The number of rotatable bonds is 5. The van der Waals surface area contributed by atoms with Crippen molar-refractivity contribution in [2.45, 2.75) is 20.4 Å². The van der Waals surface area contributed by atoms with Gasteiger partial charge in [-0.3, -0.25) is 9.78 Å². The van der Waals surface area contributed by atoms with E-state index in [4.69, 9.17) is 0 Å². The van der Waals surface area contributed by atoms with Crippen LogP contribution >= 0.6 is 11.3 Å². The van der Waals surface area contributed by atoms with Crippen LogP contribution in [0.4, 0.5) is 0 Å². The van der Waals surface area contributed by atoms with Gasteiger partial charge >= 0.3 is 0 Å². The van der Waals surface area contributed by atoms with Gasteiger partial charge in [-0.1, -0.05) is 32.0 Å². The molecule has 1 amide bonds. The molecule has 0 aliphatic heterocycles. The molecule has 23 heavy (non-hydrogen) atoms. The summed E-state index contributed by atoms with van der Waals surface area (Å²) in [4.78, 5) is 23.7. The Balaban J connectivity index is 1.95. The zero-order valence-corrected chi connectivity index (χ0v) is 14.1. The van der Waals surface area contributed by atoms with E-state index in [1.165, 1.54) is 0 Å². The SMILES string of the molecule is CC(C)CN(Cc1nccs1)C(=O)c1cccc2cccnc12. The molecule has 0 spiro atoms. The maximum absolute atomic E-state index is 13.1. The predicted molar refractivity (Wildman–Crippen MR) is 93.4 cm³/mol. The maximum atomic E-state index is 13.1. The number of aromatic nitrogens is 2. The average molecular weight is 325 g/mol. The van der Waals surface area contributed by atoms with E-state index >= 15 is 0 Å². The quantitative estimate of drug-likeness (QED) is 0.712. The van der Waals surface area contributed by atoms with E-state index in [9.17, 15) is 4.79 Å². The Labute approximate surface area is 139 Å². The number of thiazole rings is 1. The van der Waals surface area contributed by atoms with Crippen LogP contribution in [0.15, 0.2) is 48.1 Å². The number of fused-ring (bicyclic) bond motifs is 1. The van der Waals surface area contributed by atoms with Crippen molar-refractivity contribution in [3.05, 3.63) is 58.7 Å². The molecule has 4 nitrogen and oxygen atoms in total. The van der Waals surface area contributed by atoms with Gasteiger partial charge in [0, 0.05) is 29.7 Å². The molecule has 3 aromatic rings. The summed E-state index contributed by atoms with van der Waals surface area (Å²) in [5, 5.41) is 3.87. The fourth-order valence-corrected chi connectivity index (χ4v) is 3.23. The molecule has 5 heteroatoms. The first-order valence-electron chi connectivity index (χ1n) is 7.66. The second-order valence-corrected chi connectivity index (χ2v) is 6.87. The van der Waals surface area contributed by atoms with Gasteiger partial charge in [0.25, 0.3) is 5.91 Å². The first-order valence-corrected chi connectivity index (χ1v) is 8.54. The number of hydrogen-bond acceptors (Lipinski definition) is 4. The van der Waals surface area contributed by atoms with Crippen LogP contribution in [-0.4, -0.2) is 27.3 Å². The topological polar surface area (TPSA) is 46.1 Å². The van der Waals surface area contributed by atoms with Crippen molar-refractivity contribution in [2.75, 3.05) is 6.54 Å². The van der Waals surface area contributed by atoms with E-state index in [1.807, 2.05) is 40.6 Å². The molecule has 3 rings (SSSR count). The smallest absolute Gasteiger partial charge is 0.256 e. The summed E-state index contributed by atoms with van der Waals surface area (Å²) in [6, 6.07) is 9.61. The summed E-state index contributed by atoms with van der Waals surface area (Å²) in [5.41, 5.74) is 1.41. The van der Waals surface area contributed by atoms with E-state index in [2.05, 4.69) is 23.8 Å². The standard InChI is InChI=1S/C18H19N3OS/c1-13(2)11-21(12-16-19-9-10-23-16)18(22)15-7-3-5-14-6-4-8-20-17(14)15/h3-10,13H,11-12H2,1-2H3. The molecule has 2 heterocycles. The summed E-state index contributed by atoms with van der Waals surface area (Å²) < 4.78 is 0. The lowest BCUT2D eigenvalue weighted by Crippen LogP contribution is -2.34. The molecule has 0 saturated heterocycles. The van der Waals surface area contributed by atoms with E-state index in [1.54, 1.807) is 23.7 Å². The van der Waals surface area contributed by atoms with Crippen LogP contribution in [0.2, 0.25) is 0 Å². The number of para-hydroxylation sites is 1. The number of amides is 1. The molecule has 0 aliphatic rings. The van der Waals surface area contributed by atoms with Gasteiger partial charge in [-0.2, -0.15) is 0 Å². The number of nitrogens with zero attached hydrogens (tertiary/aromatic N) is 3. The molecular weight excluding hydrogens is 306 g/mol. The monoisotopic (exact) mass is 325 g/mol. The third-order valence-electron chi connectivity index (χ3n) is 3.55. The lowest BCUT2D eigenvalue weighted by atomic mass is 10.1. The third-order valence-corrected chi connectivity index (χ3v) is 4.31. The van der Waals surface area contributed by atoms with E-state index in [-0.39, 0.29) is 5.91 Å². The Morgan fingerprint density at radius 3 is 2.74 bits per heavy atom. The molecule has 1 aromatic carbocycles. The lowest BCUT2D eigenvalue weighted by molar-refractivity contribution is 0.0724. The van der Waals surface area contributed by atoms with E-state index in [0.717, 1.165) is 15.9 Å². The average Bonchev–Trinajstić information content (AvgIpc) is 3.05. The minimum absolute atomic E-state index is 0.0122. The summed E-state index contributed by atoms with van der Waals surface area (Å²) in [7, 11) is 0. The van der Waals surface area contributed by atoms with Crippen molar-refractivity contribution in [2.24, 2.45) is 5.92 Å². The Kier molecular flexibility index (Phi) is 4.67. The number of pyridine rings is 1. The van der Waals surface area contributed by atoms with Crippen molar-refractivity contribution in [3.8, 4) is 0 Å². The molecule has 0 atom stereocenters. The van der Waals surface area contributed by atoms with Gasteiger partial charge in [0.15, 0.2) is 0 Å². The molecule has 0 N–H and O–H groups in total. The summed E-state index contributed by atoms with van der Waals surface area (Å²) >= 11 is 1.57. The molecule has 0 unspecified atom stereocenters. The second-order valence-electron chi connectivity index (χ2n) is 5.89. The Hall–Kier alpha value is -2.27.